The summed E-state index contributed by atoms with van der Waals surface area (Å²) in [5, 5.41) is -2.54. The van der Waals surface area contributed by atoms with E-state index in [1.54, 1.807) is 0 Å². The minimum absolute atomic E-state index is 0.348. The third-order valence-corrected chi connectivity index (χ3v) is 6.50. The van der Waals surface area contributed by atoms with Gasteiger partial charge in [-0.3, -0.25) is 0 Å². The van der Waals surface area contributed by atoms with Crippen LogP contribution in [0.4, 0.5) is 0 Å². The van der Waals surface area contributed by atoms with Gasteiger partial charge in [0.05, 0.1) is 52.2 Å². The molecule has 9 aromatic rings. The van der Waals surface area contributed by atoms with E-state index >= 15 is 0 Å². The van der Waals surface area contributed by atoms with E-state index in [0.717, 1.165) is 9.13 Å². The predicted molar refractivity (Wildman–Crippen MR) is 162 cm³/mol. The Morgan fingerprint density at radius 2 is 0.821 bits per heavy atom. The molecule has 0 aliphatic rings. The number of nitrogens with zero attached hydrogens (tertiary/aromatic N) is 2. The van der Waals surface area contributed by atoms with Gasteiger partial charge in [0.25, 0.3) is 0 Å². The summed E-state index contributed by atoms with van der Waals surface area (Å²) in [6.45, 7) is 0. The summed E-state index contributed by atoms with van der Waals surface area (Å²) in [4.78, 5) is 0. The van der Waals surface area contributed by atoms with Crippen LogP contribution in [0.1, 0.15) is 30.2 Å². The molecular weight excluding hydrogens is 476 g/mol. The highest BCUT2D eigenvalue weighted by Crippen LogP contribution is 2.38. The first-order chi connectivity index (χ1) is 28.5. The molecule has 0 N–H and O–H groups in total. The fourth-order valence-electron chi connectivity index (χ4n) is 4.89. The first kappa shape index (κ1) is 8.89. The SMILES string of the molecule is [2H]c1c([2H])c([2H])c2c(oc3c([2H])c([2H])c(-n4c5c([2H])c([2H])c([2H])c([2H])c5c5c([2H])c(-n6c7c([2H])c([2H])c([2H])c([2H])c7c7c([2H])c([2H])c([2H])c([2H])c76)c([2H])c([2H])c54)c([2H])c32)c1[2H]. The first-order valence-electron chi connectivity index (χ1n) is 22.5. The molecule has 0 aliphatic heterocycles. The summed E-state index contributed by atoms with van der Waals surface area (Å²) in [6, 6.07) is -17.1. The minimum Gasteiger partial charge on any atom is -0.456 e. The van der Waals surface area contributed by atoms with Gasteiger partial charge >= 0.3 is 0 Å². The zero-order valence-corrected chi connectivity index (χ0v) is 19.3. The molecular formula is C36H22N2O. The van der Waals surface area contributed by atoms with E-state index in [2.05, 4.69) is 0 Å². The maximum atomic E-state index is 9.75. The van der Waals surface area contributed by atoms with Gasteiger partial charge < -0.3 is 13.6 Å². The molecule has 0 atom stereocenters. The van der Waals surface area contributed by atoms with Crippen molar-refractivity contribution in [3.05, 3.63) is 133 Å². The molecule has 3 aromatic heterocycles. The zero-order chi connectivity index (χ0) is 44.6. The zero-order valence-electron chi connectivity index (χ0n) is 41.3. The number of hydrogen-bond donors (Lipinski definition) is 0. The first-order valence-corrected chi connectivity index (χ1v) is 11.5. The van der Waals surface area contributed by atoms with E-state index in [1.165, 1.54) is 0 Å². The van der Waals surface area contributed by atoms with Crippen molar-refractivity contribution in [1.29, 1.82) is 0 Å². The molecule has 6 aromatic carbocycles. The predicted octanol–water partition coefficient (Wildman–Crippen LogP) is 9.78. The lowest BCUT2D eigenvalue weighted by atomic mass is 10.1. The van der Waals surface area contributed by atoms with Crippen LogP contribution in [0.15, 0.2) is 137 Å². The third-order valence-electron chi connectivity index (χ3n) is 6.50. The van der Waals surface area contributed by atoms with E-state index < -0.39 is 199 Å². The number of benzene rings is 6. The van der Waals surface area contributed by atoms with Crippen molar-refractivity contribution in [2.75, 3.05) is 0 Å². The topological polar surface area (TPSA) is 23.0 Å². The highest BCUT2D eigenvalue weighted by Gasteiger charge is 2.17. The number of fused-ring (bicyclic) bond motifs is 9. The van der Waals surface area contributed by atoms with Crippen molar-refractivity contribution in [3.8, 4) is 11.4 Å². The number of hydrogen-bond acceptors (Lipinski definition) is 1. The molecule has 3 heteroatoms. The quantitative estimate of drug-likeness (QED) is 0.222. The summed E-state index contributed by atoms with van der Waals surface area (Å²) in [7, 11) is 0. The molecule has 0 bridgehead atoms. The molecule has 39 heavy (non-hydrogen) atoms. The molecule has 0 aliphatic carbocycles. The van der Waals surface area contributed by atoms with Crippen LogP contribution in [-0.4, -0.2) is 9.13 Å². The van der Waals surface area contributed by atoms with Gasteiger partial charge in [0.15, 0.2) is 0 Å². The summed E-state index contributed by atoms with van der Waals surface area (Å²) < 4.78 is 202. The molecule has 0 radical (unpaired) electrons. The average Bonchev–Trinajstić information content (AvgIpc) is 3.92. The Morgan fingerprint density at radius 1 is 0.385 bits per heavy atom. The van der Waals surface area contributed by atoms with Crippen LogP contribution in [0, 0.1) is 0 Å². The van der Waals surface area contributed by atoms with E-state index in [4.69, 9.17) is 29.1 Å². The lowest BCUT2D eigenvalue weighted by molar-refractivity contribution is 0.669. The number of rotatable bonds is 2. The van der Waals surface area contributed by atoms with Crippen molar-refractivity contribution in [2.45, 2.75) is 0 Å². The van der Waals surface area contributed by atoms with Crippen LogP contribution in [0.2, 0.25) is 0 Å². The van der Waals surface area contributed by atoms with Gasteiger partial charge in [-0.1, -0.05) is 72.5 Å². The lowest BCUT2D eigenvalue weighted by Crippen LogP contribution is -1.95. The number of aromatic nitrogens is 2. The largest absolute Gasteiger partial charge is 0.456 e. The highest BCUT2D eigenvalue weighted by atomic mass is 16.3. The van der Waals surface area contributed by atoms with E-state index in [1.807, 2.05) is 0 Å². The Bertz CT molecular complexity index is 3540. The lowest BCUT2D eigenvalue weighted by Gasteiger charge is -2.10. The van der Waals surface area contributed by atoms with E-state index in [0.29, 0.717) is 0 Å². The van der Waals surface area contributed by atoms with Crippen molar-refractivity contribution in [1.82, 2.24) is 9.13 Å². The van der Waals surface area contributed by atoms with Crippen molar-refractivity contribution < 1.29 is 34.6 Å². The Balaban J connectivity index is 1.58. The van der Waals surface area contributed by atoms with Gasteiger partial charge in [-0.15, -0.1) is 0 Å². The molecule has 0 spiro atoms. The van der Waals surface area contributed by atoms with E-state index in [9.17, 15) is 5.48 Å². The average molecular weight is 521 g/mol. The normalized spacial score (nSPS) is 20.0. The smallest absolute Gasteiger partial charge is 0.135 e. The molecule has 0 amide bonds. The van der Waals surface area contributed by atoms with Crippen LogP contribution < -0.4 is 0 Å². The van der Waals surface area contributed by atoms with Gasteiger partial charge in [0, 0.05) is 43.7 Å². The Hall–Kier alpha value is -5.28. The maximum Gasteiger partial charge on any atom is 0.135 e. The van der Waals surface area contributed by atoms with Crippen LogP contribution in [0.3, 0.4) is 0 Å². The number of furan rings is 1. The minimum atomic E-state index is -0.927. The number of para-hydroxylation sites is 4. The molecule has 3 nitrogen and oxygen atoms in total. The van der Waals surface area contributed by atoms with Crippen LogP contribution in [0.5, 0.6) is 0 Å². The second-order valence-electron chi connectivity index (χ2n) is 8.52. The van der Waals surface area contributed by atoms with Gasteiger partial charge in [0.2, 0.25) is 0 Å². The van der Waals surface area contributed by atoms with Crippen LogP contribution >= 0.6 is 0 Å². The van der Waals surface area contributed by atoms with Gasteiger partial charge in [0.1, 0.15) is 11.2 Å². The Labute approximate surface area is 254 Å². The molecule has 0 saturated carbocycles. The molecule has 182 valence electrons. The second kappa shape index (κ2) is 7.62. The Morgan fingerprint density at radius 3 is 1.46 bits per heavy atom. The van der Waals surface area contributed by atoms with Gasteiger partial charge in [-0.25, -0.2) is 0 Å². The summed E-state index contributed by atoms with van der Waals surface area (Å²) in [5.41, 5.74) is -4.38. The molecule has 0 fully saturated rings. The van der Waals surface area contributed by atoms with Crippen molar-refractivity contribution >= 4 is 65.6 Å². The van der Waals surface area contributed by atoms with Crippen LogP contribution in [0.25, 0.3) is 76.9 Å². The van der Waals surface area contributed by atoms with Crippen LogP contribution in [-0.2, 0) is 0 Å². The molecule has 3 heterocycles. The molecule has 9 rings (SSSR count). The maximum absolute atomic E-state index is 9.75. The molecule has 0 unspecified atom stereocenters. The standard InChI is InChI=1S/C36H22N2O/c1-5-13-31-25(9-1)26-10-2-6-14-32(26)37(31)23-17-19-34-29(21-23)27-11-3-7-15-33(27)38(34)24-18-20-36-30(22-24)28-12-4-8-16-35(28)39-36/h1-22H/i1D,2D,3D,4D,5D,6D,7D,8D,9D,10D,11D,12D,13D,14D,15D,16D,17D,18D,19D,20D,21D,22D. The molecule has 0 saturated heterocycles. The Kier molecular flexibility index (Phi) is 1.74. The monoisotopic (exact) mass is 520 g/mol. The van der Waals surface area contributed by atoms with Crippen molar-refractivity contribution in [3.63, 3.8) is 0 Å². The van der Waals surface area contributed by atoms with Gasteiger partial charge in [-0.05, 0) is 60.4 Å². The summed E-state index contributed by atoms with van der Waals surface area (Å²) in [6.07, 6.45) is 0. The summed E-state index contributed by atoms with van der Waals surface area (Å²) in [5.74, 6) is 0. The van der Waals surface area contributed by atoms with E-state index in [-0.39, 0.29) is 10.8 Å². The fourth-order valence-corrected chi connectivity index (χ4v) is 4.89. The fraction of sp³-hybridized carbons (Fsp3) is 0. The van der Waals surface area contributed by atoms with Gasteiger partial charge in [-0.2, -0.15) is 0 Å². The second-order valence-corrected chi connectivity index (χ2v) is 8.52. The summed E-state index contributed by atoms with van der Waals surface area (Å²) >= 11 is 0. The van der Waals surface area contributed by atoms with Crippen molar-refractivity contribution in [2.24, 2.45) is 0 Å². The highest BCUT2D eigenvalue weighted by molar-refractivity contribution is 6.13. The third kappa shape index (κ3) is 2.82.